The van der Waals surface area contributed by atoms with Gasteiger partial charge in [-0.1, -0.05) is 13.0 Å². The van der Waals surface area contributed by atoms with Gasteiger partial charge >= 0.3 is 0 Å². The highest BCUT2D eigenvalue weighted by Gasteiger charge is 2.00. The molecular weight excluding hydrogens is 182 g/mol. The number of allylic oxidation sites excluding steroid dienone is 2. The van der Waals surface area contributed by atoms with E-state index in [0.717, 1.165) is 24.5 Å². The van der Waals surface area contributed by atoms with Gasteiger partial charge in [0.1, 0.15) is 0 Å². The minimum atomic E-state index is 0.900. The summed E-state index contributed by atoms with van der Waals surface area (Å²) in [6.07, 6.45) is 8.82. The molecule has 0 unspecified atom stereocenters. The lowest BCUT2D eigenvalue weighted by atomic mass is 10.0. The Hall–Kier alpha value is -1.03. The van der Waals surface area contributed by atoms with Crippen molar-refractivity contribution in [3.63, 3.8) is 0 Å². The minimum Gasteiger partial charge on any atom is -0.293 e. The average Bonchev–Trinajstić information content (AvgIpc) is 2.47. The molecule has 1 aliphatic rings. The van der Waals surface area contributed by atoms with Gasteiger partial charge < -0.3 is 0 Å². The second kappa shape index (κ2) is 9.52. The van der Waals surface area contributed by atoms with E-state index in [0.29, 0.717) is 0 Å². The Morgan fingerprint density at radius 2 is 1.80 bits per heavy atom. The lowest BCUT2D eigenvalue weighted by Gasteiger charge is -2.02. The van der Waals surface area contributed by atoms with Crippen molar-refractivity contribution in [3.8, 4) is 11.8 Å². The van der Waals surface area contributed by atoms with Crippen molar-refractivity contribution in [1.82, 2.24) is 0 Å². The van der Waals surface area contributed by atoms with E-state index in [4.69, 9.17) is 0 Å². The van der Waals surface area contributed by atoms with E-state index >= 15 is 0 Å². The molecule has 0 N–H and O–H groups in total. The molecule has 0 aliphatic heterocycles. The summed E-state index contributed by atoms with van der Waals surface area (Å²) < 4.78 is 0. The van der Waals surface area contributed by atoms with E-state index < -0.39 is 0 Å². The number of hydrogen-bond donors (Lipinski definition) is 0. The number of aliphatic imine (C=N–C) groups is 1. The van der Waals surface area contributed by atoms with Crippen LogP contribution in [-0.2, 0) is 0 Å². The topological polar surface area (TPSA) is 12.4 Å². The molecule has 1 heteroatoms. The number of hydrogen-bond acceptors (Lipinski definition) is 1. The van der Waals surface area contributed by atoms with Crippen LogP contribution >= 0.6 is 0 Å². The van der Waals surface area contributed by atoms with Crippen LogP contribution in [0, 0.1) is 17.8 Å². The van der Waals surface area contributed by atoms with E-state index in [1.54, 1.807) is 7.05 Å². The smallest absolute Gasteiger partial charge is 0.0310 e. The Balaban J connectivity index is 0.000000265. The van der Waals surface area contributed by atoms with E-state index in [1.807, 2.05) is 26.0 Å². The van der Waals surface area contributed by atoms with Crippen molar-refractivity contribution >= 4 is 5.71 Å². The maximum Gasteiger partial charge on any atom is 0.0310 e. The van der Waals surface area contributed by atoms with Crippen LogP contribution in [0.15, 0.2) is 17.1 Å². The normalized spacial score (nSPS) is 17.5. The molecule has 84 valence electrons. The molecule has 0 heterocycles. The molecule has 1 nitrogen and oxygen atoms in total. The zero-order valence-electron chi connectivity index (χ0n) is 10.5. The van der Waals surface area contributed by atoms with E-state index in [-0.39, 0.29) is 0 Å². The maximum absolute atomic E-state index is 3.91. The molecule has 0 bridgehead atoms. The van der Waals surface area contributed by atoms with Gasteiger partial charge in [-0.25, -0.2) is 0 Å². The summed E-state index contributed by atoms with van der Waals surface area (Å²) in [6, 6.07) is 0. The van der Waals surface area contributed by atoms with Gasteiger partial charge in [-0.05, 0) is 38.7 Å². The van der Waals surface area contributed by atoms with Crippen molar-refractivity contribution in [1.29, 1.82) is 0 Å². The van der Waals surface area contributed by atoms with Crippen molar-refractivity contribution in [2.24, 2.45) is 10.9 Å². The lowest BCUT2D eigenvalue weighted by molar-refractivity contribution is 0.515. The zero-order chi connectivity index (χ0) is 11.5. The summed E-state index contributed by atoms with van der Waals surface area (Å²) in [5.74, 6) is 7.16. The fourth-order valence-electron chi connectivity index (χ4n) is 1.27. The van der Waals surface area contributed by atoms with Gasteiger partial charge in [-0.2, -0.15) is 0 Å². The molecule has 0 atom stereocenters. The highest BCUT2D eigenvalue weighted by molar-refractivity contribution is 5.92. The molecule has 0 spiro atoms. The van der Waals surface area contributed by atoms with Crippen LogP contribution in [0.3, 0.4) is 0 Å². The van der Waals surface area contributed by atoms with Crippen molar-refractivity contribution in [3.05, 3.63) is 12.2 Å². The molecule has 0 aromatic rings. The van der Waals surface area contributed by atoms with E-state index in [9.17, 15) is 0 Å². The highest BCUT2D eigenvalue weighted by atomic mass is 14.7. The van der Waals surface area contributed by atoms with E-state index in [1.165, 1.54) is 12.8 Å². The first kappa shape index (κ1) is 14.0. The molecule has 0 radical (unpaired) electrons. The Morgan fingerprint density at radius 3 is 2.13 bits per heavy atom. The number of nitrogens with zero attached hydrogens (tertiary/aromatic N) is 1. The maximum atomic E-state index is 3.91. The standard InChI is InChI=1S/C8H12.C6H11N/c1-8-6-4-2-3-5-7-8;1-4-5-6(2)7-3/h8H,4-7H2,1H3;4-5H,1-3H3/b;5-4-,7-6?. The fraction of sp³-hybridized carbons (Fsp3) is 0.643. The summed E-state index contributed by atoms with van der Waals surface area (Å²) in [5.41, 5.74) is 1.07. The largest absolute Gasteiger partial charge is 0.293 e. The minimum absolute atomic E-state index is 0.900. The van der Waals surface area contributed by atoms with Gasteiger partial charge in [0.05, 0.1) is 0 Å². The van der Waals surface area contributed by atoms with Gasteiger partial charge in [0.2, 0.25) is 0 Å². The molecule has 0 saturated carbocycles. The Morgan fingerprint density at radius 1 is 1.27 bits per heavy atom. The van der Waals surface area contributed by atoms with Gasteiger partial charge in [0, 0.05) is 25.6 Å². The summed E-state index contributed by atoms with van der Waals surface area (Å²) >= 11 is 0. The summed E-state index contributed by atoms with van der Waals surface area (Å²) in [5, 5.41) is 0. The monoisotopic (exact) mass is 205 g/mol. The quantitative estimate of drug-likeness (QED) is 0.455. The van der Waals surface area contributed by atoms with Crippen LogP contribution in [0.2, 0.25) is 0 Å². The van der Waals surface area contributed by atoms with Crippen molar-refractivity contribution in [2.45, 2.75) is 46.5 Å². The Kier molecular flexibility index (Phi) is 8.87. The summed E-state index contributed by atoms with van der Waals surface area (Å²) in [7, 11) is 1.79. The first-order chi connectivity index (χ1) is 7.20. The lowest BCUT2D eigenvalue weighted by Crippen LogP contribution is -1.89. The fourth-order valence-corrected chi connectivity index (χ4v) is 1.27. The second-order valence-corrected chi connectivity index (χ2v) is 3.90. The van der Waals surface area contributed by atoms with Gasteiger partial charge in [0.25, 0.3) is 0 Å². The Bertz CT molecular complexity index is 251. The Labute approximate surface area is 94.7 Å². The highest BCUT2D eigenvalue weighted by Crippen LogP contribution is 2.13. The average molecular weight is 205 g/mol. The van der Waals surface area contributed by atoms with Crippen molar-refractivity contribution in [2.75, 3.05) is 7.05 Å². The molecule has 1 aliphatic carbocycles. The van der Waals surface area contributed by atoms with Gasteiger partial charge in [-0.15, -0.1) is 11.8 Å². The molecule has 0 amide bonds. The SMILES string of the molecule is C/C=C\C(C)=NC.CC1CCC#CCC1. The van der Waals surface area contributed by atoms with Crippen molar-refractivity contribution < 1.29 is 0 Å². The van der Waals surface area contributed by atoms with Crippen LogP contribution < -0.4 is 0 Å². The third-order valence-electron chi connectivity index (χ3n) is 2.41. The first-order valence-corrected chi connectivity index (χ1v) is 5.72. The van der Waals surface area contributed by atoms with Gasteiger partial charge in [0.15, 0.2) is 0 Å². The molecule has 0 aromatic carbocycles. The van der Waals surface area contributed by atoms with Crippen LogP contribution in [0.1, 0.15) is 46.5 Å². The molecule has 1 rings (SSSR count). The van der Waals surface area contributed by atoms with Crippen LogP contribution in [0.4, 0.5) is 0 Å². The third kappa shape index (κ3) is 9.28. The van der Waals surface area contributed by atoms with Gasteiger partial charge in [-0.3, -0.25) is 4.99 Å². The molecule has 15 heavy (non-hydrogen) atoms. The predicted octanol–water partition coefficient (Wildman–Crippen LogP) is 3.85. The molecule has 0 saturated heterocycles. The number of rotatable bonds is 1. The van der Waals surface area contributed by atoms with E-state index in [2.05, 4.69) is 23.8 Å². The summed E-state index contributed by atoms with van der Waals surface area (Å²) in [4.78, 5) is 3.91. The molecular formula is C14H23N. The first-order valence-electron chi connectivity index (χ1n) is 5.72. The van der Waals surface area contributed by atoms with Crippen LogP contribution in [-0.4, -0.2) is 12.8 Å². The van der Waals surface area contributed by atoms with Crippen LogP contribution in [0.25, 0.3) is 0 Å². The third-order valence-corrected chi connectivity index (χ3v) is 2.41. The van der Waals surface area contributed by atoms with Crippen LogP contribution in [0.5, 0.6) is 0 Å². The second-order valence-electron chi connectivity index (χ2n) is 3.90. The summed E-state index contributed by atoms with van der Waals surface area (Å²) in [6.45, 7) is 6.25. The zero-order valence-corrected chi connectivity index (χ0v) is 10.5. The molecule has 0 fully saturated rings. The predicted molar refractivity (Wildman–Crippen MR) is 69.3 cm³/mol. The molecule has 0 aromatic heterocycles.